The summed E-state index contributed by atoms with van der Waals surface area (Å²) in [5, 5.41) is 11.9. The second-order valence-corrected chi connectivity index (χ2v) is 9.23. The van der Waals surface area contributed by atoms with Gasteiger partial charge in [0.2, 0.25) is 0 Å². The molecule has 5 nitrogen and oxygen atoms in total. The molecule has 0 spiro atoms. The van der Waals surface area contributed by atoms with Crippen LogP contribution in [0.15, 0.2) is 115 Å². The standard InChI is InChI=1S/C18H15NO2.C18H15NO/c1-21-18-12-13(7-11-17(18)20)6-9-15-10-8-14-4-2-3-5-16(14)19-15;1-20-17-12-7-14(8-13-17)6-10-16-11-9-15-4-2-3-5-18(15)19-16/h2-12,20H,1H3;2-13H,1H3. The van der Waals surface area contributed by atoms with Crippen LogP contribution in [0.4, 0.5) is 0 Å². The van der Waals surface area contributed by atoms with Crippen LogP contribution in [-0.4, -0.2) is 29.3 Å². The highest BCUT2D eigenvalue weighted by Crippen LogP contribution is 2.27. The van der Waals surface area contributed by atoms with Gasteiger partial charge in [-0.05, 0) is 71.8 Å². The number of hydrogen-bond acceptors (Lipinski definition) is 5. The van der Waals surface area contributed by atoms with E-state index in [9.17, 15) is 5.11 Å². The van der Waals surface area contributed by atoms with Crippen LogP contribution in [0.1, 0.15) is 22.5 Å². The zero-order valence-electron chi connectivity index (χ0n) is 22.9. The Labute approximate surface area is 239 Å². The van der Waals surface area contributed by atoms with Crippen molar-refractivity contribution in [3.05, 3.63) is 138 Å². The van der Waals surface area contributed by atoms with E-state index in [1.807, 2.05) is 103 Å². The Balaban J connectivity index is 0.000000165. The molecular weight excluding hydrogens is 508 g/mol. The number of aromatic hydroxyl groups is 1. The number of benzene rings is 4. The highest BCUT2D eigenvalue weighted by Gasteiger charge is 2.01. The average Bonchev–Trinajstić information content (AvgIpc) is 3.03. The van der Waals surface area contributed by atoms with E-state index in [0.29, 0.717) is 5.75 Å². The molecule has 4 aromatic carbocycles. The normalized spacial score (nSPS) is 11.1. The van der Waals surface area contributed by atoms with Gasteiger partial charge < -0.3 is 14.6 Å². The molecule has 0 amide bonds. The number of phenols is 1. The van der Waals surface area contributed by atoms with Crippen molar-refractivity contribution in [3.8, 4) is 17.2 Å². The van der Waals surface area contributed by atoms with E-state index in [2.05, 4.69) is 34.2 Å². The number of aromatic nitrogens is 2. The van der Waals surface area contributed by atoms with E-state index in [-0.39, 0.29) is 5.75 Å². The van der Waals surface area contributed by atoms with Crippen molar-refractivity contribution in [3.63, 3.8) is 0 Å². The number of ether oxygens (including phenoxy) is 2. The van der Waals surface area contributed by atoms with E-state index >= 15 is 0 Å². The molecule has 0 saturated heterocycles. The zero-order chi connectivity index (χ0) is 28.4. The topological polar surface area (TPSA) is 64.5 Å². The number of pyridine rings is 2. The molecule has 0 aliphatic heterocycles. The maximum absolute atomic E-state index is 9.58. The molecule has 6 rings (SSSR count). The van der Waals surface area contributed by atoms with Gasteiger partial charge in [0, 0.05) is 10.8 Å². The predicted molar refractivity (Wildman–Crippen MR) is 169 cm³/mol. The minimum atomic E-state index is 0.137. The summed E-state index contributed by atoms with van der Waals surface area (Å²) >= 11 is 0. The Morgan fingerprint density at radius 3 is 1.63 bits per heavy atom. The largest absolute Gasteiger partial charge is 0.504 e. The number of fused-ring (bicyclic) bond motifs is 2. The van der Waals surface area contributed by atoms with Crippen molar-refractivity contribution in [2.45, 2.75) is 0 Å². The third-order valence-corrected chi connectivity index (χ3v) is 6.45. The molecule has 0 bridgehead atoms. The van der Waals surface area contributed by atoms with Crippen molar-refractivity contribution < 1.29 is 14.6 Å². The fourth-order valence-electron chi connectivity index (χ4n) is 4.23. The van der Waals surface area contributed by atoms with Crippen molar-refractivity contribution >= 4 is 46.1 Å². The lowest BCUT2D eigenvalue weighted by Crippen LogP contribution is -1.85. The number of hydrogen-bond donors (Lipinski definition) is 1. The quantitative estimate of drug-likeness (QED) is 0.230. The Morgan fingerprint density at radius 2 is 1.07 bits per heavy atom. The van der Waals surface area contributed by atoms with Crippen LogP contribution in [0.2, 0.25) is 0 Å². The van der Waals surface area contributed by atoms with Crippen LogP contribution in [0.25, 0.3) is 46.1 Å². The lowest BCUT2D eigenvalue weighted by molar-refractivity contribution is 0.373. The molecule has 41 heavy (non-hydrogen) atoms. The number of rotatable bonds is 6. The Bertz CT molecular complexity index is 1830. The van der Waals surface area contributed by atoms with Gasteiger partial charge in [-0.15, -0.1) is 0 Å². The Morgan fingerprint density at radius 1 is 0.537 bits per heavy atom. The highest BCUT2D eigenvalue weighted by atomic mass is 16.5. The SMILES string of the molecule is COc1cc(C=Cc2ccc3ccccc3n2)ccc1O.COc1ccc(C=Cc2ccc3ccccc3n2)cc1. The summed E-state index contributed by atoms with van der Waals surface area (Å²) in [6.45, 7) is 0. The Hall–Kier alpha value is -5.42. The molecule has 0 saturated carbocycles. The molecular formula is C36H30N2O3. The van der Waals surface area contributed by atoms with Gasteiger partial charge in [-0.2, -0.15) is 0 Å². The molecule has 2 aromatic heterocycles. The van der Waals surface area contributed by atoms with Gasteiger partial charge in [-0.25, -0.2) is 9.97 Å². The molecule has 0 aliphatic carbocycles. The molecule has 6 aromatic rings. The molecule has 202 valence electrons. The number of para-hydroxylation sites is 2. The van der Waals surface area contributed by atoms with Gasteiger partial charge in [-0.3, -0.25) is 0 Å². The first-order valence-corrected chi connectivity index (χ1v) is 13.2. The van der Waals surface area contributed by atoms with Gasteiger partial charge in [0.25, 0.3) is 0 Å². The molecule has 0 unspecified atom stereocenters. The van der Waals surface area contributed by atoms with E-state index in [1.165, 1.54) is 7.11 Å². The second-order valence-electron chi connectivity index (χ2n) is 9.23. The van der Waals surface area contributed by atoms with Gasteiger partial charge >= 0.3 is 0 Å². The molecule has 0 fully saturated rings. The molecule has 0 atom stereocenters. The Kier molecular flexibility index (Phi) is 8.67. The summed E-state index contributed by atoms with van der Waals surface area (Å²) in [5.74, 6) is 1.47. The van der Waals surface area contributed by atoms with Crippen LogP contribution in [0.5, 0.6) is 17.2 Å². The lowest BCUT2D eigenvalue weighted by atomic mass is 10.1. The number of nitrogens with zero attached hydrogens (tertiary/aromatic N) is 2. The van der Waals surface area contributed by atoms with Crippen LogP contribution in [0.3, 0.4) is 0 Å². The van der Waals surface area contributed by atoms with Gasteiger partial charge in [0.1, 0.15) is 5.75 Å². The van der Waals surface area contributed by atoms with Gasteiger partial charge in [0.05, 0.1) is 36.6 Å². The fourth-order valence-corrected chi connectivity index (χ4v) is 4.23. The summed E-state index contributed by atoms with van der Waals surface area (Å²) in [6.07, 6.45) is 7.96. The molecule has 0 radical (unpaired) electrons. The van der Waals surface area contributed by atoms with Crippen LogP contribution >= 0.6 is 0 Å². The van der Waals surface area contributed by atoms with Gasteiger partial charge in [0.15, 0.2) is 11.5 Å². The van der Waals surface area contributed by atoms with Crippen LogP contribution in [0, 0.1) is 0 Å². The summed E-state index contributed by atoms with van der Waals surface area (Å²) in [5.41, 5.74) is 5.91. The van der Waals surface area contributed by atoms with Crippen molar-refractivity contribution in [2.24, 2.45) is 0 Å². The van der Waals surface area contributed by atoms with E-state index in [4.69, 9.17) is 9.47 Å². The minimum absolute atomic E-state index is 0.137. The summed E-state index contributed by atoms with van der Waals surface area (Å²) in [6, 6.07) is 37.5. The van der Waals surface area contributed by atoms with Crippen molar-refractivity contribution in [1.82, 2.24) is 9.97 Å². The van der Waals surface area contributed by atoms with Gasteiger partial charge in [-0.1, -0.05) is 78.9 Å². The van der Waals surface area contributed by atoms with Crippen molar-refractivity contribution in [2.75, 3.05) is 14.2 Å². The summed E-state index contributed by atoms with van der Waals surface area (Å²) < 4.78 is 10.2. The van der Waals surface area contributed by atoms with Crippen LogP contribution < -0.4 is 9.47 Å². The third-order valence-electron chi connectivity index (χ3n) is 6.45. The summed E-state index contributed by atoms with van der Waals surface area (Å²) in [4.78, 5) is 9.20. The zero-order valence-corrected chi connectivity index (χ0v) is 22.9. The first-order valence-electron chi connectivity index (χ1n) is 13.2. The molecule has 0 aliphatic rings. The second kappa shape index (κ2) is 13.1. The average molecular weight is 539 g/mol. The number of phenolic OH excluding ortho intramolecular Hbond substituents is 1. The monoisotopic (exact) mass is 538 g/mol. The summed E-state index contributed by atoms with van der Waals surface area (Å²) in [7, 11) is 3.21. The maximum atomic E-state index is 9.58. The van der Waals surface area contributed by atoms with E-state index in [0.717, 1.165) is 50.1 Å². The maximum Gasteiger partial charge on any atom is 0.161 e. The van der Waals surface area contributed by atoms with E-state index in [1.54, 1.807) is 19.2 Å². The molecule has 5 heteroatoms. The van der Waals surface area contributed by atoms with Crippen LogP contribution in [-0.2, 0) is 0 Å². The third kappa shape index (κ3) is 7.16. The fraction of sp³-hybridized carbons (Fsp3) is 0.0556. The molecule has 2 heterocycles. The highest BCUT2D eigenvalue weighted by molar-refractivity contribution is 5.82. The van der Waals surface area contributed by atoms with E-state index < -0.39 is 0 Å². The first-order chi connectivity index (χ1) is 20.1. The minimum Gasteiger partial charge on any atom is -0.504 e. The predicted octanol–water partition coefficient (Wildman–Crippen LogP) is 8.53. The lowest BCUT2D eigenvalue weighted by Gasteiger charge is -2.03. The first kappa shape index (κ1) is 27.2. The van der Waals surface area contributed by atoms with Crippen molar-refractivity contribution in [1.29, 1.82) is 0 Å². The molecule has 1 N–H and O–H groups in total. The number of methoxy groups -OCH3 is 2. The smallest absolute Gasteiger partial charge is 0.161 e.